The van der Waals surface area contributed by atoms with Gasteiger partial charge < -0.3 is 0 Å². The van der Waals surface area contributed by atoms with Crippen molar-refractivity contribution < 1.29 is 9.13 Å². The molecular weight excluding hydrogens is 262 g/mol. The third-order valence-corrected chi connectivity index (χ3v) is 3.38. The number of nitro groups is 1. The Morgan fingerprint density at radius 3 is 1.89 bits per heavy atom. The van der Waals surface area contributed by atoms with Gasteiger partial charge in [-0.1, -0.05) is 29.8 Å². The molecule has 0 aliphatic rings. The van der Waals surface area contributed by atoms with Crippen LogP contribution in [0.15, 0.2) is 48.5 Å². The van der Waals surface area contributed by atoms with Crippen molar-refractivity contribution in [3.63, 3.8) is 0 Å². The molecule has 0 aliphatic carbocycles. The summed E-state index contributed by atoms with van der Waals surface area (Å²) in [5, 5.41) is 10.6. The molecule has 96 valence electrons. The van der Waals surface area contributed by atoms with E-state index >= 15 is 0 Å². The molecule has 0 spiro atoms. The van der Waals surface area contributed by atoms with Crippen molar-refractivity contribution in [2.75, 3.05) is 0 Å². The van der Waals surface area contributed by atoms with Crippen molar-refractivity contribution in [2.24, 2.45) is 0 Å². The Labute approximate surface area is 113 Å². The topological polar surface area (TPSA) is 60.2 Å². The molecule has 0 N–H and O–H groups in total. The first-order chi connectivity index (χ1) is 9.11. The zero-order chi connectivity index (χ0) is 13.8. The van der Waals surface area contributed by atoms with E-state index in [0.717, 1.165) is 11.1 Å². The molecule has 5 heteroatoms. The number of nitrogens with zero attached hydrogens (tertiary/aromatic N) is 1. The highest BCUT2D eigenvalue weighted by atomic mass is 32.1. The zero-order valence-electron chi connectivity index (χ0n) is 10.2. The fourth-order valence-corrected chi connectivity index (χ4v) is 2.17. The number of rotatable bonds is 3. The Hall–Kier alpha value is -2.27. The Morgan fingerprint density at radius 1 is 1.00 bits per heavy atom. The fraction of sp³-hybridized carbons (Fsp3) is 0.0714. The van der Waals surface area contributed by atoms with Crippen LogP contribution < -0.4 is 0 Å². The van der Waals surface area contributed by atoms with Gasteiger partial charge in [0.1, 0.15) is 0 Å². The van der Waals surface area contributed by atoms with E-state index in [0.29, 0.717) is 21.7 Å². The normalized spacial score (nSPS) is 9.95. The molecule has 2 rings (SSSR count). The summed E-state index contributed by atoms with van der Waals surface area (Å²) >= 11 is 0.393. The molecule has 0 aromatic heterocycles. The maximum Gasteiger partial charge on any atom is 0.269 e. The van der Waals surface area contributed by atoms with Crippen molar-refractivity contribution in [1.82, 2.24) is 0 Å². The van der Waals surface area contributed by atoms with Crippen molar-refractivity contribution in [1.29, 1.82) is 0 Å². The lowest BCUT2D eigenvalue weighted by Crippen LogP contribution is -2.03. The van der Waals surface area contributed by atoms with Gasteiger partial charge in [0, 0.05) is 12.1 Å². The summed E-state index contributed by atoms with van der Waals surface area (Å²) in [6.07, 6.45) is 0. The number of hydrogen-bond donors (Lipinski definition) is 0. The van der Waals surface area contributed by atoms with Gasteiger partial charge in [-0.05, 0) is 30.2 Å². The van der Waals surface area contributed by atoms with Crippen molar-refractivity contribution in [3.05, 3.63) is 75.3 Å². The minimum Gasteiger partial charge on any atom is -0.258 e. The van der Waals surface area contributed by atoms with E-state index in [1.165, 1.54) is 12.1 Å². The Bertz CT molecular complexity index is 656. The van der Waals surface area contributed by atoms with Crippen LogP contribution in [0.2, 0.25) is 0 Å². The summed E-state index contributed by atoms with van der Waals surface area (Å²) in [5.74, 6) is 0. The molecule has 0 saturated carbocycles. The molecular formula is C14H11NO3S. The maximum absolute atomic E-state index is 11.3. The second-order valence-electron chi connectivity index (χ2n) is 4.08. The molecule has 0 aliphatic heterocycles. The highest BCUT2D eigenvalue weighted by molar-refractivity contribution is 7.67. The summed E-state index contributed by atoms with van der Waals surface area (Å²) in [6.45, 7) is 1.97. The number of hydrogen-bond acceptors (Lipinski definition) is 3. The maximum atomic E-state index is 11.3. The van der Waals surface area contributed by atoms with Gasteiger partial charge >= 0.3 is 0 Å². The van der Waals surface area contributed by atoms with Gasteiger partial charge in [0.05, 0.1) is 21.0 Å². The summed E-state index contributed by atoms with van der Waals surface area (Å²) in [6, 6.07) is 13.6. The standard InChI is InChI=1S/C14H11NO3S/c1-10-2-4-11(5-3-10)14(19-18)12-6-8-13(9-7-12)15(16)17/h2-9H,1H3. The molecule has 0 bridgehead atoms. The smallest absolute Gasteiger partial charge is 0.258 e. The molecule has 0 saturated heterocycles. The fourth-order valence-electron chi connectivity index (χ4n) is 1.70. The second kappa shape index (κ2) is 5.58. The van der Waals surface area contributed by atoms with Crippen LogP contribution in [0.3, 0.4) is 0 Å². The van der Waals surface area contributed by atoms with Crippen molar-refractivity contribution in [3.8, 4) is 0 Å². The van der Waals surface area contributed by atoms with Crippen LogP contribution >= 0.6 is 0 Å². The molecule has 0 unspecified atom stereocenters. The number of aryl methyl sites for hydroxylation is 1. The van der Waals surface area contributed by atoms with Crippen LogP contribution in [0.25, 0.3) is 0 Å². The Kier molecular flexibility index (Phi) is 3.87. The number of benzene rings is 2. The van der Waals surface area contributed by atoms with Gasteiger partial charge in [-0.25, -0.2) is 4.21 Å². The van der Waals surface area contributed by atoms with E-state index in [1.54, 1.807) is 12.1 Å². The van der Waals surface area contributed by atoms with Crippen LogP contribution in [0.1, 0.15) is 16.7 Å². The minimum absolute atomic E-state index is 0.0166. The Balaban J connectivity index is 2.40. The molecule has 2 aromatic rings. The molecule has 19 heavy (non-hydrogen) atoms. The first-order valence-corrected chi connectivity index (χ1v) is 6.34. The van der Waals surface area contributed by atoms with E-state index in [4.69, 9.17) is 0 Å². The monoisotopic (exact) mass is 273 g/mol. The van der Waals surface area contributed by atoms with Gasteiger partial charge in [0.15, 0.2) is 0 Å². The predicted octanol–water partition coefficient (Wildman–Crippen LogP) is 2.69. The lowest BCUT2D eigenvalue weighted by molar-refractivity contribution is -0.384. The van der Waals surface area contributed by atoms with Crippen LogP contribution in [0.4, 0.5) is 5.69 Å². The van der Waals surface area contributed by atoms with Gasteiger partial charge in [0.25, 0.3) is 5.69 Å². The van der Waals surface area contributed by atoms with Crippen LogP contribution in [0.5, 0.6) is 0 Å². The average Bonchev–Trinajstić information content (AvgIpc) is 2.42. The van der Waals surface area contributed by atoms with Crippen LogP contribution in [-0.4, -0.2) is 14.0 Å². The van der Waals surface area contributed by atoms with Crippen molar-refractivity contribution in [2.45, 2.75) is 6.92 Å². The van der Waals surface area contributed by atoms with E-state index < -0.39 is 4.92 Å². The van der Waals surface area contributed by atoms with Crippen molar-refractivity contribution >= 4 is 21.8 Å². The van der Waals surface area contributed by atoms with E-state index in [-0.39, 0.29) is 5.69 Å². The molecule has 2 aromatic carbocycles. The van der Waals surface area contributed by atoms with E-state index in [9.17, 15) is 14.3 Å². The van der Waals surface area contributed by atoms with Gasteiger partial charge in [-0.15, -0.1) is 0 Å². The Morgan fingerprint density at radius 2 is 1.47 bits per heavy atom. The lowest BCUT2D eigenvalue weighted by Gasteiger charge is -2.04. The largest absolute Gasteiger partial charge is 0.269 e. The second-order valence-corrected chi connectivity index (χ2v) is 4.66. The number of non-ortho nitro benzene ring substituents is 1. The highest BCUT2D eigenvalue weighted by Crippen LogP contribution is 2.15. The number of nitro benzene ring substituents is 1. The zero-order valence-corrected chi connectivity index (χ0v) is 11.0. The first kappa shape index (κ1) is 13.2. The van der Waals surface area contributed by atoms with Crippen LogP contribution in [0, 0.1) is 17.0 Å². The molecule has 0 heterocycles. The molecule has 0 atom stereocenters. The third kappa shape index (κ3) is 2.95. The summed E-state index contributed by atoms with van der Waals surface area (Å²) < 4.78 is 11.3. The predicted molar refractivity (Wildman–Crippen MR) is 75.6 cm³/mol. The SMILES string of the molecule is Cc1ccc(C(=S=O)c2ccc([N+](=O)[O-])cc2)cc1. The summed E-state index contributed by atoms with van der Waals surface area (Å²) in [4.78, 5) is 10.7. The lowest BCUT2D eigenvalue weighted by atomic mass is 10.0. The minimum atomic E-state index is -0.459. The third-order valence-electron chi connectivity index (χ3n) is 2.74. The first-order valence-electron chi connectivity index (χ1n) is 5.60. The molecule has 4 nitrogen and oxygen atoms in total. The highest BCUT2D eigenvalue weighted by Gasteiger charge is 2.09. The van der Waals surface area contributed by atoms with Crippen LogP contribution in [-0.2, 0) is 11.3 Å². The molecule has 0 radical (unpaired) electrons. The van der Waals surface area contributed by atoms with Gasteiger partial charge in [-0.2, -0.15) is 0 Å². The van der Waals surface area contributed by atoms with E-state index in [1.807, 2.05) is 31.2 Å². The average molecular weight is 273 g/mol. The summed E-state index contributed by atoms with van der Waals surface area (Å²) in [5.41, 5.74) is 2.64. The molecule has 0 amide bonds. The van der Waals surface area contributed by atoms with Gasteiger partial charge in [0.2, 0.25) is 0 Å². The van der Waals surface area contributed by atoms with Gasteiger partial charge in [-0.3, -0.25) is 10.1 Å². The quantitative estimate of drug-likeness (QED) is 0.374. The summed E-state index contributed by atoms with van der Waals surface area (Å²) in [7, 11) is 0. The van der Waals surface area contributed by atoms with E-state index in [2.05, 4.69) is 0 Å². The molecule has 0 fully saturated rings.